The molecule has 2 rings (SSSR count). The topological polar surface area (TPSA) is 106 Å². The van der Waals surface area contributed by atoms with E-state index in [-0.39, 0.29) is 0 Å². The summed E-state index contributed by atoms with van der Waals surface area (Å²) < 4.78 is 66.0. The lowest BCUT2D eigenvalue weighted by Crippen LogP contribution is -2.34. The number of alkyl halides is 5. The number of anilines is 1. The zero-order chi connectivity index (χ0) is 19.0. The van der Waals surface area contributed by atoms with Gasteiger partial charge in [0.15, 0.2) is 0 Å². The van der Waals surface area contributed by atoms with E-state index in [1.807, 2.05) is 4.98 Å². The van der Waals surface area contributed by atoms with Crippen molar-refractivity contribution in [3.63, 3.8) is 0 Å². The van der Waals surface area contributed by atoms with Crippen molar-refractivity contribution in [2.75, 3.05) is 5.73 Å². The fourth-order valence-corrected chi connectivity index (χ4v) is 2.24. The highest BCUT2D eigenvalue weighted by Crippen LogP contribution is 2.47. The number of aromatic amines is 1. The molecule has 10 heteroatoms. The Bertz CT molecular complexity index is 979. The van der Waals surface area contributed by atoms with Gasteiger partial charge in [0.1, 0.15) is 29.1 Å². The van der Waals surface area contributed by atoms with Crippen LogP contribution in [0.1, 0.15) is 16.7 Å². The average Bonchev–Trinajstić information content (AvgIpc) is 2.53. The van der Waals surface area contributed by atoms with Crippen molar-refractivity contribution in [3.8, 4) is 23.3 Å². The average molecular weight is 354 g/mol. The minimum atomic E-state index is -5.92. The Hall–Kier alpha value is -3.40. The minimum Gasteiger partial charge on any atom is -0.384 e. The van der Waals surface area contributed by atoms with Crippen molar-refractivity contribution < 1.29 is 22.0 Å². The van der Waals surface area contributed by atoms with E-state index in [0.29, 0.717) is 6.07 Å². The zero-order valence-electron chi connectivity index (χ0n) is 12.1. The molecule has 25 heavy (non-hydrogen) atoms. The van der Waals surface area contributed by atoms with E-state index in [2.05, 4.69) is 0 Å². The molecular weight excluding hydrogens is 347 g/mol. The fourth-order valence-electron chi connectivity index (χ4n) is 2.24. The second-order valence-electron chi connectivity index (χ2n) is 4.83. The summed E-state index contributed by atoms with van der Waals surface area (Å²) >= 11 is 0. The van der Waals surface area contributed by atoms with Gasteiger partial charge in [-0.2, -0.15) is 32.5 Å². The molecule has 1 heterocycles. The van der Waals surface area contributed by atoms with Gasteiger partial charge in [-0.05, 0) is 5.56 Å². The van der Waals surface area contributed by atoms with Gasteiger partial charge in [-0.1, -0.05) is 24.3 Å². The molecule has 128 valence electrons. The molecule has 0 fully saturated rings. The molecule has 0 saturated heterocycles. The zero-order valence-corrected chi connectivity index (χ0v) is 12.1. The van der Waals surface area contributed by atoms with Crippen LogP contribution in [0.4, 0.5) is 27.8 Å². The monoisotopic (exact) mass is 354 g/mol. The van der Waals surface area contributed by atoms with Gasteiger partial charge in [0.05, 0.1) is 0 Å². The summed E-state index contributed by atoms with van der Waals surface area (Å²) in [5.41, 5.74) is -0.00410. The van der Waals surface area contributed by atoms with E-state index in [9.17, 15) is 26.7 Å². The number of benzene rings is 1. The molecule has 1 aromatic heterocycles. The number of nitrogen functional groups attached to an aromatic ring is 1. The molecule has 0 aliphatic rings. The van der Waals surface area contributed by atoms with Gasteiger partial charge < -0.3 is 10.7 Å². The van der Waals surface area contributed by atoms with E-state index in [4.69, 9.17) is 16.3 Å². The standard InChI is InChI=1S/C15H7F5N4O/c16-14(17,15(18,19)20)10-4-2-1-3-7(10)11-8(5-21)12(23)24-13(25)9(11)6-22/h1-4H,(H3,23,24,25). The lowest BCUT2D eigenvalue weighted by molar-refractivity contribution is -0.289. The summed E-state index contributed by atoms with van der Waals surface area (Å²) in [5.74, 6) is -5.83. The number of nitriles is 2. The first-order valence-corrected chi connectivity index (χ1v) is 6.46. The molecule has 0 aliphatic heterocycles. The third-order valence-electron chi connectivity index (χ3n) is 3.36. The molecule has 0 atom stereocenters. The van der Waals surface area contributed by atoms with Crippen LogP contribution in [0.15, 0.2) is 29.1 Å². The normalized spacial score (nSPS) is 11.6. The number of hydrogen-bond acceptors (Lipinski definition) is 4. The van der Waals surface area contributed by atoms with E-state index in [0.717, 1.165) is 18.2 Å². The molecule has 3 N–H and O–H groups in total. The first-order chi connectivity index (χ1) is 11.6. The Morgan fingerprint density at radius 1 is 1.00 bits per heavy atom. The van der Waals surface area contributed by atoms with Crippen molar-refractivity contribution in [1.29, 1.82) is 10.5 Å². The first-order valence-electron chi connectivity index (χ1n) is 6.46. The van der Waals surface area contributed by atoms with Crippen LogP contribution in [-0.2, 0) is 5.92 Å². The number of rotatable bonds is 2. The Balaban J connectivity index is 3.00. The molecule has 2 aromatic rings. The molecule has 0 unspecified atom stereocenters. The number of aromatic nitrogens is 1. The highest BCUT2D eigenvalue weighted by atomic mass is 19.4. The largest absolute Gasteiger partial charge is 0.458 e. The summed E-state index contributed by atoms with van der Waals surface area (Å²) in [6.45, 7) is 0. The van der Waals surface area contributed by atoms with Crippen LogP contribution in [0.5, 0.6) is 0 Å². The van der Waals surface area contributed by atoms with E-state index in [1.165, 1.54) is 12.1 Å². The summed E-state index contributed by atoms with van der Waals surface area (Å²) in [5, 5.41) is 18.2. The van der Waals surface area contributed by atoms with Gasteiger partial charge in [-0.3, -0.25) is 4.79 Å². The van der Waals surface area contributed by atoms with Gasteiger partial charge in [-0.15, -0.1) is 0 Å². The van der Waals surface area contributed by atoms with Crippen LogP contribution in [0, 0.1) is 22.7 Å². The summed E-state index contributed by atoms with van der Waals surface area (Å²) in [4.78, 5) is 13.8. The van der Waals surface area contributed by atoms with E-state index < -0.39 is 51.3 Å². The highest BCUT2D eigenvalue weighted by molar-refractivity contribution is 5.82. The molecule has 0 amide bonds. The Morgan fingerprint density at radius 2 is 1.56 bits per heavy atom. The van der Waals surface area contributed by atoms with E-state index in [1.54, 1.807) is 0 Å². The molecule has 1 aromatic carbocycles. The lowest BCUT2D eigenvalue weighted by atomic mass is 9.90. The van der Waals surface area contributed by atoms with Crippen molar-refractivity contribution in [2.24, 2.45) is 0 Å². The maximum absolute atomic E-state index is 13.9. The molecule has 0 aliphatic carbocycles. The number of halogens is 5. The first kappa shape index (κ1) is 17.9. The number of nitrogens with zero attached hydrogens (tertiary/aromatic N) is 2. The third-order valence-corrected chi connectivity index (χ3v) is 3.36. The van der Waals surface area contributed by atoms with Crippen molar-refractivity contribution in [2.45, 2.75) is 12.1 Å². The Morgan fingerprint density at radius 3 is 2.08 bits per heavy atom. The van der Waals surface area contributed by atoms with Crippen molar-refractivity contribution in [1.82, 2.24) is 4.98 Å². The quantitative estimate of drug-likeness (QED) is 0.809. The van der Waals surface area contributed by atoms with Crippen LogP contribution in [0.25, 0.3) is 11.1 Å². The van der Waals surface area contributed by atoms with Crippen molar-refractivity contribution in [3.05, 3.63) is 51.3 Å². The van der Waals surface area contributed by atoms with Gasteiger partial charge >= 0.3 is 12.1 Å². The summed E-state index contributed by atoms with van der Waals surface area (Å²) in [6.07, 6.45) is -5.92. The number of pyridine rings is 1. The number of nitrogens with two attached hydrogens (primary N) is 1. The second-order valence-corrected chi connectivity index (χ2v) is 4.83. The molecule has 0 bridgehead atoms. The smallest absolute Gasteiger partial charge is 0.384 e. The van der Waals surface area contributed by atoms with Crippen LogP contribution >= 0.6 is 0 Å². The molecule has 0 radical (unpaired) electrons. The summed E-state index contributed by atoms with van der Waals surface area (Å²) in [7, 11) is 0. The molecule has 0 spiro atoms. The number of H-pyrrole nitrogens is 1. The molecular formula is C15H7F5N4O. The van der Waals surface area contributed by atoms with Crippen LogP contribution in [-0.4, -0.2) is 11.2 Å². The van der Waals surface area contributed by atoms with Crippen LogP contribution < -0.4 is 11.3 Å². The van der Waals surface area contributed by atoms with E-state index >= 15 is 0 Å². The van der Waals surface area contributed by atoms with Gasteiger partial charge in [-0.25, -0.2) is 0 Å². The maximum Gasteiger partial charge on any atom is 0.458 e. The highest BCUT2D eigenvalue weighted by Gasteiger charge is 2.59. The summed E-state index contributed by atoms with van der Waals surface area (Å²) in [6, 6.07) is 6.34. The van der Waals surface area contributed by atoms with Gasteiger partial charge in [0.2, 0.25) is 0 Å². The SMILES string of the molecule is N#Cc1c(N)[nH]c(=O)c(C#N)c1-c1ccccc1C(F)(F)C(F)(F)F. The predicted octanol–water partition coefficient (Wildman–Crippen LogP) is 3.02. The fraction of sp³-hybridized carbons (Fsp3) is 0.133. The van der Waals surface area contributed by atoms with Gasteiger partial charge in [0.25, 0.3) is 5.56 Å². The molecule has 5 nitrogen and oxygen atoms in total. The van der Waals surface area contributed by atoms with Crippen LogP contribution in [0.3, 0.4) is 0 Å². The minimum absolute atomic E-state index is 0.502. The number of nitrogens with one attached hydrogen (secondary N) is 1. The van der Waals surface area contributed by atoms with Crippen LogP contribution in [0.2, 0.25) is 0 Å². The lowest BCUT2D eigenvalue weighted by Gasteiger charge is -2.23. The second kappa shape index (κ2) is 5.91. The Labute approximate surface area is 136 Å². The van der Waals surface area contributed by atoms with Gasteiger partial charge in [0, 0.05) is 11.1 Å². The predicted molar refractivity (Wildman–Crippen MR) is 76.3 cm³/mol. The maximum atomic E-state index is 13.9. The Kier molecular flexibility index (Phi) is 4.24. The molecule has 0 saturated carbocycles. The number of hydrogen-bond donors (Lipinski definition) is 2. The third kappa shape index (κ3) is 2.78. The van der Waals surface area contributed by atoms with Crippen molar-refractivity contribution >= 4 is 5.82 Å².